The van der Waals surface area contributed by atoms with Crippen molar-refractivity contribution >= 4 is 27.5 Å². The molecular formula is C20H18N2O2. The maximum Gasteiger partial charge on any atom is 0.262 e. The summed E-state index contributed by atoms with van der Waals surface area (Å²) in [7, 11) is 0. The van der Waals surface area contributed by atoms with Gasteiger partial charge in [0.15, 0.2) is 5.78 Å². The van der Waals surface area contributed by atoms with E-state index in [-0.39, 0.29) is 11.3 Å². The van der Waals surface area contributed by atoms with Gasteiger partial charge in [-0.1, -0.05) is 36.4 Å². The predicted molar refractivity (Wildman–Crippen MR) is 95.3 cm³/mol. The first-order chi connectivity index (χ1) is 11.5. The molecular weight excluding hydrogens is 300 g/mol. The standard InChI is InChI=1S/C20H18N2O2/c1-12-7-8-18(19(23)9-12)22-13(2)21-17-11-15-6-4-3-5-14(15)10-16(17)20(22)24/h3-6,10-11,18H,1,7-9H2,2H3. The third-order valence-electron chi connectivity index (χ3n) is 4.82. The van der Waals surface area contributed by atoms with Crippen LogP contribution in [0.5, 0.6) is 0 Å². The van der Waals surface area contributed by atoms with E-state index >= 15 is 0 Å². The van der Waals surface area contributed by atoms with Crippen molar-refractivity contribution in [2.24, 2.45) is 0 Å². The third kappa shape index (κ3) is 2.26. The number of fused-ring (bicyclic) bond motifs is 2. The van der Waals surface area contributed by atoms with Gasteiger partial charge in [-0.25, -0.2) is 4.98 Å². The summed E-state index contributed by atoms with van der Waals surface area (Å²) in [6.07, 6.45) is 1.75. The Morgan fingerprint density at radius 2 is 1.88 bits per heavy atom. The number of hydrogen-bond donors (Lipinski definition) is 0. The van der Waals surface area contributed by atoms with Gasteiger partial charge in [-0.05, 0) is 42.7 Å². The Balaban J connectivity index is 1.96. The average Bonchev–Trinajstić information content (AvgIpc) is 2.55. The molecule has 0 N–H and O–H groups in total. The van der Waals surface area contributed by atoms with Crippen LogP contribution in [0.25, 0.3) is 21.7 Å². The minimum Gasteiger partial charge on any atom is -0.297 e. The Bertz CT molecular complexity index is 1060. The summed E-state index contributed by atoms with van der Waals surface area (Å²) in [6.45, 7) is 5.70. The van der Waals surface area contributed by atoms with E-state index in [2.05, 4.69) is 11.6 Å². The number of aromatic nitrogens is 2. The molecule has 4 rings (SSSR count). The molecule has 1 fully saturated rings. The van der Waals surface area contributed by atoms with Gasteiger partial charge in [-0.15, -0.1) is 0 Å². The minimum atomic E-state index is -0.425. The predicted octanol–water partition coefficient (Wildman–Crippen LogP) is 3.71. The van der Waals surface area contributed by atoms with Crippen LogP contribution >= 0.6 is 0 Å². The summed E-state index contributed by atoms with van der Waals surface area (Å²) >= 11 is 0. The number of rotatable bonds is 1. The monoisotopic (exact) mass is 318 g/mol. The molecule has 120 valence electrons. The first-order valence-electron chi connectivity index (χ1n) is 8.15. The highest BCUT2D eigenvalue weighted by Gasteiger charge is 2.28. The lowest BCUT2D eigenvalue weighted by Crippen LogP contribution is -2.34. The number of allylic oxidation sites excluding steroid dienone is 1. The zero-order valence-electron chi connectivity index (χ0n) is 13.6. The maximum atomic E-state index is 13.1. The fraction of sp³-hybridized carbons (Fsp3) is 0.250. The molecule has 0 bridgehead atoms. The van der Waals surface area contributed by atoms with Gasteiger partial charge in [0, 0.05) is 6.42 Å². The molecule has 0 saturated heterocycles. The Hall–Kier alpha value is -2.75. The number of aryl methyl sites for hydroxylation is 1. The van der Waals surface area contributed by atoms with Gasteiger partial charge < -0.3 is 0 Å². The van der Waals surface area contributed by atoms with E-state index in [9.17, 15) is 9.59 Å². The van der Waals surface area contributed by atoms with Crippen LogP contribution in [-0.4, -0.2) is 15.3 Å². The topological polar surface area (TPSA) is 52.0 Å². The van der Waals surface area contributed by atoms with E-state index in [1.54, 1.807) is 11.5 Å². The normalized spacial score (nSPS) is 18.5. The van der Waals surface area contributed by atoms with Crippen LogP contribution in [0, 0.1) is 6.92 Å². The van der Waals surface area contributed by atoms with Crippen LogP contribution in [0.15, 0.2) is 53.3 Å². The number of carbonyl (C=O) groups excluding carboxylic acids is 1. The van der Waals surface area contributed by atoms with Crippen molar-refractivity contribution in [2.45, 2.75) is 32.2 Å². The van der Waals surface area contributed by atoms with Gasteiger partial charge in [0.25, 0.3) is 5.56 Å². The highest BCUT2D eigenvalue weighted by atomic mass is 16.1. The Kier molecular flexibility index (Phi) is 3.34. The first kappa shape index (κ1) is 14.8. The van der Waals surface area contributed by atoms with Gasteiger partial charge in [0.2, 0.25) is 0 Å². The molecule has 1 unspecified atom stereocenters. The molecule has 4 nitrogen and oxygen atoms in total. The molecule has 2 aromatic carbocycles. The second-order valence-electron chi connectivity index (χ2n) is 6.50. The fourth-order valence-corrected chi connectivity index (χ4v) is 3.59. The third-order valence-corrected chi connectivity index (χ3v) is 4.82. The largest absolute Gasteiger partial charge is 0.297 e. The summed E-state index contributed by atoms with van der Waals surface area (Å²) in [5, 5.41) is 2.62. The van der Waals surface area contributed by atoms with Crippen molar-refractivity contribution in [3.63, 3.8) is 0 Å². The molecule has 0 amide bonds. The first-order valence-corrected chi connectivity index (χ1v) is 8.15. The molecule has 1 aromatic heterocycles. The molecule has 3 aromatic rings. The van der Waals surface area contributed by atoms with Crippen LogP contribution in [-0.2, 0) is 4.79 Å². The lowest BCUT2D eigenvalue weighted by Gasteiger charge is -2.25. The summed E-state index contributed by atoms with van der Waals surface area (Å²) in [5.41, 5.74) is 1.50. The van der Waals surface area contributed by atoms with Crippen molar-refractivity contribution in [3.8, 4) is 0 Å². The van der Waals surface area contributed by atoms with E-state index in [1.165, 1.54) is 0 Å². The molecule has 1 aliphatic carbocycles. The number of benzene rings is 2. The van der Waals surface area contributed by atoms with Gasteiger partial charge in [-0.2, -0.15) is 0 Å². The molecule has 1 aliphatic rings. The minimum absolute atomic E-state index is 0.0541. The van der Waals surface area contributed by atoms with Crippen molar-refractivity contribution in [1.82, 2.24) is 9.55 Å². The van der Waals surface area contributed by atoms with E-state index < -0.39 is 6.04 Å². The zero-order valence-corrected chi connectivity index (χ0v) is 13.6. The molecule has 0 spiro atoms. The van der Waals surface area contributed by atoms with Crippen molar-refractivity contribution in [2.75, 3.05) is 0 Å². The number of Topliss-reactive ketones (excluding diaryl/α,β-unsaturated/α-hetero) is 1. The second-order valence-corrected chi connectivity index (χ2v) is 6.50. The van der Waals surface area contributed by atoms with Crippen molar-refractivity contribution in [1.29, 1.82) is 0 Å². The highest BCUT2D eigenvalue weighted by molar-refractivity contribution is 5.96. The highest BCUT2D eigenvalue weighted by Crippen LogP contribution is 2.28. The van der Waals surface area contributed by atoms with E-state index in [0.29, 0.717) is 29.6 Å². The molecule has 0 radical (unpaired) electrons. The molecule has 4 heteroatoms. The summed E-state index contributed by atoms with van der Waals surface area (Å²) < 4.78 is 1.58. The smallest absolute Gasteiger partial charge is 0.262 e. The van der Waals surface area contributed by atoms with E-state index in [4.69, 9.17) is 0 Å². The lowest BCUT2D eigenvalue weighted by molar-refractivity contribution is -0.122. The summed E-state index contributed by atoms with van der Waals surface area (Å²) in [6, 6.07) is 11.3. The Morgan fingerprint density at radius 3 is 2.58 bits per heavy atom. The van der Waals surface area contributed by atoms with Gasteiger partial charge in [0.05, 0.1) is 16.9 Å². The molecule has 0 aliphatic heterocycles. The Morgan fingerprint density at radius 1 is 1.17 bits per heavy atom. The van der Waals surface area contributed by atoms with E-state index in [0.717, 1.165) is 22.8 Å². The molecule has 1 saturated carbocycles. The lowest BCUT2D eigenvalue weighted by atomic mass is 9.90. The van der Waals surface area contributed by atoms with Gasteiger partial charge in [-0.3, -0.25) is 14.2 Å². The quantitative estimate of drug-likeness (QED) is 0.508. The SMILES string of the molecule is C=C1CCC(n2c(C)nc3cc4ccccc4cc3c2=O)C(=O)C1. The number of ketones is 1. The van der Waals surface area contributed by atoms with Gasteiger partial charge in [0.1, 0.15) is 5.82 Å². The zero-order chi connectivity index (χ0) is 16.8. The molecule has 24 heavy (non-hydrogen) atoms. The van der Waals surface area contributed by atoms with Crippen LogP contribution < -0.4 is 5.56 Å². The second kappa shape index (κ2) is 5.41. The number of hydrogen-bond acceptors (Lipinski definition) is 3. The van der Waals surface area contributed by atoms with Crippen LogP contribution in [0.4, 0.5) is 0 Å². The molecule has 1 heterocycles. The van der Waals surface area contributed by atoms with Crippen molar-refractivity contribution in [3.05, 3.63) is 64.7 Å². The van der Waals surface area contributed by atoms with E-state index in [1.807, 2.05) is 36.4 Å². The number of carbonyl (C=O) groups is 1. The van der Waals surface area contributed by atoms with Gasteiger partial charge >= 0.3 is 0 Å². The Labute approximate surface area is 139 Å². The van der Waals surface area contributed by atoms with Crippen LogP contribution in [0.3, 0.4) is 0 Å². The van der Waals surface area contributed by atoms with Crippen LogP contribution in [0.2, 0.25) is 0 Å². The maximum absolute atomic E-state index is 13.1. The average molecular weight is 318 g/mol. The summed E-state index contributed by atoms with van der Waals surface area (Å²) in [5.74, 6) is 0.645. The number of nitrogens with zero attached hydrogens (tertiary/aromatic N) is 2. The van der Waals surface area contributed by atoms with Crippen molar-refractivity contribution < 1.29 is 4.79 Å². The van der Waals surface area contributed by atoms with Crippen LogP contribution in [0.1, 0.15) is 31.1 Å². The fourth-order valence-electron chi connectivity index (χ4n) is 3.59. The molecule has 1 atom stereocenters. The summed E-state index contributed by atoms with van der Waals surface area (Å²) in [4.78, 5) is 30.1.